The van der Waals surface area contributed by atoms with Gasteiger partial charge in [-0.25, -0.2) is 9.48 Å². The third-order valence-corrected chi connectivity index (χ3v) is 6.11. The maximum atomic E-state index is 13.0. The van der Waals surface area contributed by atoms with Gasteiger partial charge in [0, 0.05) is 23.7 Å². The van der Waals surface area contributed by atoms with Crippen LogP contribution >= 0.6 is 0 Å². The lowest BCUT2D eigenvalue weighted by Crippen LogP contribution is -2.29. The summed E-state index contributed by atoms with van der Waals surface area (Å²) >= 11 is 0. The van der Waals surface area contributed by atoms with Crippen molar-refractivity contribution in [2.45, 2.75) is 32.2 Å². The van der Waals surface area contributed by atoms with Crippen LogP contribution in [0.15, 0.2) is 71.5 Å². The number of aliphatic carboxylic acids is 1. The number of benzene rings is 2. The second kappa shape index (κ2) is 10.4. The van der Waals surface area contributed by atoms with Crippen molar-refractivity contribution in [1.82, 2.24) is 9.78 Å². The normalized spacial score (nSPS) is 18.4. The minimum Gasteiger partial charge on any atom is -0.480 e. The lowest BCUT2D eigenvalue weighted by Gasteiger charge is -2.28. The number of aromatic nitrogens is 2. The first-order chi connectivity index (χ1) is 15.6. The first-order valence-electron chi connectivity index (χ1n) is 11.1. The highest BCUT2D eigenvalue weighted by Gasteiger charge is 2.23. The summed E-state index contributed by atoms with van der Waals surface area (Å²) in [6.45, 7) is 0.840. The van der Waals surface area contributed by atoms with Gasteiger partial charge in [0.1, 0.15) is 6.61 Å². The van der Waals surface area contributed by atoms with Gasteiger partial charge in [0.05, 0.1) is 12.3 Å². The molecule has 0 atom stereocenters. The fourth-order valence-corrected chi connectivity index (χ4v) is 4.41. The molecule has 0 amide bonds. The molecule has 2 aromatic carbocycles. The molecule has 6 nitrogen and oxygen atoms in total. The van der Waals surface area contributed by atoms with Crippen molar-refractivity contribution in [2.24, 2.45) is 11.8 Å². The summed E-state index contributed by atoms with van der Waals surface area (Å²) in [5.74, 6) is -0.171. The number of carbonyl (C=O) groups is 1. The van der Waals surface area contributed by atoms with Crippen LogP contribution in [-0.4, -0.2) is 34.1 Å². The lowest BCUT2D eigenvalue weighted by atomic mass is 9.82. The van der Waals surface area contributed by atoms with Crippen molar-refractivity contribution in [3.05, 3.63) is 77.1 Å². The summed E-state index contributed by atoms with van der Waals surface area (Å²) in [6, 6.07) is 21.6. The number of carboxylic acids is 1. The van der Waals surface area contributed by atoms with Crippen molar-refractivity contribution in [3.8, 4) is 22.4 Å². The van der Waals surface area contributed by atoms with E-state index in [1.807, 2.05) is 60.7 Å². The molecule has 4 rings (SSSR count). The molecular formula is C26H28N2O4. The van der Waals surface area contributed by atoms with E-state index in [2.05, 4.69) is 0 Å². The van der Waals surface area contributed by atoms with Gasteiger partial charge in [-0.05, 0) is 43.1 Å². The highest BCUT2D eigenvalue weighted by Crippen LogP contribution is 2.31. The molecule has 6 heteroatoms. The van der Waals surface area contributed by atoms with E-state index in [-0.39, 0.29) is 12.2 Å². The fraction of sp³-hybridized carbons (Fsp3) is 0.346. The molecule has 1 aliphatic carbocycles. The topological polar surface area (TPSA) is 81.4 Å². The van der Waals surface area contributed by atoms with Crippen molar-refractivity contribution in [1.29, 1.82) is 0 Å². The molecular weight excluding hydrogens is 404 g/mol. The van der Waals surface area contributed by atoms with Gasteiger partial charge in [-0.15, -0.1) is 0 Å². The average molecular weight is 433 g/mol. The van der Waals surface area contributed by atoms with Gasteiger partial charge in [-0.2, -0.15) is 5.10 Å². The molecule has 1 aromatic heterocycles. The highest BCUT2D eigenvalue weighted by atomic mass is 16.5. The monoisotopic (exact) mass is 432 g/mol. The highest BCUT2D eigenvalue weighted by molar-refractivity contribution is 5.80. The lowest BCUT2D eigenvalue weighted by molar-refractivity contribution is -0.142. The number of rotatable bonds is 8. The van der Waals surface area contributed by atoms with Crippen molar-refractivity contribution >= 4 is 5.97 Å². The van der Waals surface area contributed by atoms with Gasteiger partial charge in [-0.3, -0.25) is 4.79 Å². The Labute approximate surface area is 187 Å². The van der Waals surface area contributed by atoms with Crippen LogP contribution < -0.4 is 5.56 Å². The first kappa shape index (κ1) is 22.0. The number of hydrogen-bond donors (Lipinski definition) is 1. The smallest absolute Gasteiger partial charge is 0.329 e. The van der Waals surface area contributed by atoms with Gasteiger partial charge >= 0.3 is 5.97 Å². The van der Waals surface area contributed by atoms with Crippen LogP contribution in [-0.2, 0) is 16.1 Å². The molecule has 3 aromatic rings. The Morgan fingerprint density at radius 2 is 1.53 bits per heavy atom. The van der Waals surface area contributed by atoms with Crippen LogP contribution in [0.5, 0.6) is 0 Å². The zero-order valence-corrected chi connectivity index (χ0v) is 18.0. The van der Waals surface area contributed by atoms with Gasteiger partial charge in [-0.1, -0.05) is 60.7 Å². The molecule has 1 fully saturated rings. The summed E-state index contributed by atoms with van der Waals surface area (Å²) in [6.07, 6.45) is 3.92. The third-order valence-electron chi connectivity index (χ3n) is 6.11. The van der Waals surface area contributed by atoms with Gasteiger partial charge in [0.2, 0.25) is 0 Å². The largest absolute Gasteiger partial charge is 0.480 e. The van der Waals surface area contributed by atoms with E-state index in [0.29, 0.717) is 25.0 Å². The molecule has 0 bridgehead atoms. The Kier molecular flexibility index (Phi) is 7.12. The second-order valence-corrected chi connectivity index (χ2v) is 8.45. The van der Waals surface area contributed by atoms with Crippen LogP contribution in [0.1, 0.15) is 25.7 Å². The molecule has 1 saturated carbocycles. The Hall–Kier alpha value is -3.25. The number of carboxylic acid groups (broad SMARTS) is 1. The molecule has 0 aliphatic heterocycles. The fourth-order valence-electron chi connectivity index (χ4n) is 4.41. The number of hydrogen-bond acceptors (Lipinski definition) is 4. The first-order valence-corrected chi connectivity index (χ1v) is 11.1. The Bertz CT molecular complexity index is 1090. The van der Waals surface area contributed by atoms with Crippen LogP contribution in [0.25, 0.3) is 22.4 Å². The Morgan fingerprint density at radius 3 is 2.16 bits per heavy atom. The summed E-state index contributed by atoms with van der Waals surface area (Å²) in [5, 5.41) is 13.5. The van der Waals surface area contributed by atoms with E-state index in [1.54, 1.807) is 10.7 Å². The molecule has 0 unspecified atom stereocenters. The molecule has 0 saturated heterocycles. The van der Waals surface area contributed by atoms with Crippen LogP contribution in [0.2, 0.25) is 0 Å². The van der Waals surface area contributed by atoms with Gasteiger partial charge < -0.3 is 9.84 Å². The van der Waals surface area contributed by atoms with E-state index < -0.39 is 5.97 Å². The predicted molar refractivity (Wildman–Crippen MR) is 123 cm³/mol. The van der Waals surface area contributed by atoms with Crippen LogP contribution in [0.3, 0.4) is 0 Å². The molecule has 0 radical (unpaired) electrons. The maximum absolute atomic E-state index is 13.0. The van der Waals surface area contributed by atoms with Crippen LogP contribution in [0, 0.1) is 11.8 Å². The van der Waals surface area contributed by atoms with Crippen molar-refractivity contribution in [3.63, 3.8) is 0 Å². The zero-order chi connectivity index (χ0) is 22.3. The standard InChI is InChI=1S/C26H28N2O4/c29-24-15-23(21-7-3-1-4-8-21)26(22-9-5-2-6-10-22)27-28(24)16-19-11-13-20(14-12-19)17-32-18-25(30)31/h1-10,15,19-20H,11-14,16-18H2,(H,30,31). The average Bonchev–Trinajstić information content (AvgIpc) is 2.82. The molecule has 0 spiro atoms. The van der Waals surface area contributed by atoms with E-state index >= 15 is 0 Å². The molecule has 32 heavy (non-hydrogen) atoms. The van der Waals surface area contributed by atoms with Crippen molar-refractivity contribution < 1.29 is 14.6 Å². The maximum Gasteiger partial charge on any atom is 0.329 e. The summed E-state index contributed by atoms with van der Waals surface area (Å²) < 4.78 is 6.87. The van der Waals surface area contributed by atoms with E-state index in [0.717, 1.165) is 48.1 Å². The third kappa shape index (κ3) is 5.51. The molecule has 166 valence electrons. The number of ether oxygens (including phenoxy) is 1. The van der Waals surface area contributed by atoms with Crippen LogP contribution in [0.4, 0.5) is 0 Å². The van der Waals surface area contributed by atoms with E-state index in [4.69, 9.17) is 14.9 Å². The summed E-state index contributed by atoms with van der Waals surface area (Å²) in [7, 11) is 0. The zero-order valence-electron chi connectivity index (χ0n) is 18.0. The van der Waals surface area contributed by atoms with Gasteiger partial charge in [0.25, 0.3) is 5.56 Å². The molecule has 1 N–H and O–H groups in total. The summed E-state index contributed by atoms with van der Waals surface area (Å²) in [4.78, 5) is 23.6. The summed E-state index contributed by atoms with van der Waals surface area (Å²) in [5.41, 5.74) is 3.53. The van der Waals surface area contributed by atoms with Crippen molar-refractivity contribution in [2.75, 3.05) is 13.2 Å². The second-order valence-electron chi connectivity index (χ2n) is 8.45. The quantitative estimate of drug-likeness (QED) is 0.567. The molecule has 1 heterocycles. The van der Waals surface area contributed by atoms with E-state index in [1.165, 1.54) is 0 Å². The Morgan fingerprint density at radius 1 is 0.938 bits per heavy atom. The predicted octanol–water partition coefficient (Wildman–Crippen LogP) is 4.48. The number of nitrogens with zero attached hydrogens (tertiary/aromatic N) is 2. The van der Waals surface area contributed by atoms with Gasteiger partial charge in [0.15, 0.2) is 0 Å². The molecule has 1 aliphatic rings. The SMILES string of the molecule is O=C(O)COCC1CCC(Cn2nc(-c3ccccc3)c(-c3ccccc3)cc2=O)CC1. The minimum absolute atomic E-state index is 0.0875. The van der Waals surface area contributed by atoms with E-state index in [9.17, 15) is 9.59 Å². The Balaban J connectivity index is 1.52. The minimum atomic E-state index is -0.933.